The van der Waals surface area contributed by atoms with E-state index in [2.05, 4.69) is 74.4 Å². The maximum absolute atomic E-state index is 10.4. The van der Waals surface area contributed by atoms with Crippen LogP contribution < -0.4 is 42.8 Å². The number of hydrogen-bond acceptors (Lipinski definition) is 20. The number of ether oxygens (including phenoxy) is 3. The lowest BCUT2D eigenvalue weighted by atomic mass is 10.2. The zero-order valence-electron chi connectivity index (χ0n) is 50.0. The molecule has 1 amide bonds. The topological polar surface area (TPSA) is 268 Å². The molecule has 0 radical (unpaired) electrons. The van der Waals surface area contributed by atoms with Crippen LogP contribution >= 0.6 is 11.8 Å². The minimum atomic E-state index is -2.55. The van der Waals surface area contributed by atoms with Crippen LogP contribution in [0.2, 0.25) is 0 Å². The number of nitrogens with one attached hydrogen (secondary N) is 8. The third-order valence-electron chi connectivity index (χ3n) is 12.8. The summed E-state index contributed by atoms with van der Waals surface area (Å²) in [5.74, 6) is 4.84. The number of ketones is 3. The summed E-state index contributed by atoms with van der Waals surface area (Å²) in [6.07, 6.45) is 39.8. The number of amides is 1. The number of cyclic esters (lactones) is 1. The Hall–Kier alpha value is -3.35. The molecule has 15 rings (SSSR count). The van der Waals surface area contributed by atoms with Crippen LogP contribution in [0, 0.1) is 0 Å². The Kier molecular flexibility index (Phi) is 55.9. The van der Waals surface area contributed by atoms with Gasteiger partial charge in [0.2, 0.25) is 5.91 Å². The van der Waals surface area contributed by atoms with Crippen molar-refractivity contribution in [3.05, 3.63) is 12.2 Å². The maximum Gasteiger partial charge on any atom is 0.305 e. The first kappa shape index (κ1) is 75.7. The van der Waals surface area contributed by atoms with E-state index in [1.54, 1.807) is 6.34 Å². The van der Waals surface area contributed by atoms with E-state index < -0.39 is 9.84 Å². The number of hydrogen-bond donors (Lipinski definition) is 8. The van der Waals surface area contributed by atoms with Crippen molar-refractivity contribution in [2.24, 2.45) is 9.98 Å². The van der Waals surface area contributed by atoms with Crippen LogP contribution in [0.15, 0.2) is 22.1 Å². The number of aliphatic imine (C=N–C) groups is 2. The molecule has 4 aliphatic carbocycles. The van der Waals surface area contributed by atoms with E-state index in [9.17, 15) is 32.4 Å². The number of sulfone groups is 1. The van der Waals surface area contributed by atoms with Crippen LogP contribution in [0.5, 0.6) is 0 Å². The minimum absolute atomic E-state index is 0.0463. The Bertz CT molecular complexity index is 1400. The Balaban J connectivity index is 0.000000435. The summed E-state index contributed by atoms with van der Waals surface area (Å²) in [6.45, 7) is 17.8. The number of thioether (sulfide) groups is 1. The molecule has 0 bridgehead atoms. The first-order valence-electron chi connectivity index (χ1n) is 31.3. The molecule has 0 unspecified atom stereocenters. The lowest BCUT2D eigenvalue weighted by Crippen LogP contribution is -2.21. The number of esters is 1. The van der Waals surface area contributed by atoms with E-state index in [0.717, 1.165) is 181 Å². The first-order valence-corrected chi connectivity index (χ1v) is 34.2. The highest BCUT2D eigenvalue weighted by Crippen LogP contribution is 2.15. The normalized spacial score (nSPS) is 22.7. The van der Waals surface area contributed by atoms with Gasteiger partial charge in [-0.2, -0.15) is 0 Å². The molecule has 8 N–H and O–H groups in total. The van der Waals surface area contributed by atoms with Crippen molar-refractivity contribution < 1.29 is 46.6 Å². The molecule has 0 aromatic rings. The molecular formula is C59H112N10O10S2. The van der Waals surface area contributed by atoms with E-state index in [4.69, 9.17) is 4.74 Å². The van der Waals surface area contributed by atoms with Crippen LogP contribution in [0.4, 0.5) is 0 Å². The second-order valence-corrected chi connectivity index (χ2v) is 24.2. The van der Waals surface area contributed by atoms with Crippen LogP contribution in [0.1, 0.15) is 186 Å². The predicted octanol–water partition coefficient (Wildman–Crippen LogP) is 6.47. The third-order valence-corrected chi connectivity index (χ3v) is 15.5. The molecule has 0 atom stereocenters. The van der Waals surface area contributed by atoms with Crippen molar-refractivity contribution >= 4 is 63.6 Å². The summed E-state index contributed by atoms with van der Waals surface area (Å²) in [6, 6.07) is 0. The van der Waals surface area contributed by atoms with Crippen molar-refractivity contribution in [3.63, 3.8) is 0 Å². The summed E-state index contributed by atoms with van der Waals surface area (Å²) < 4.78 is 35.0. The summed E-state index contributed by atoms with van der Waals surface area (Å²) in [5.41, 5.74) is 5.94. The van der Waals surface area contributed by atoms with Crippen LogP contribution in [0.3, 0.4) is 0 Å². The summed E-state index contributed by atoms with van der Waals surface area (Å²) in [4.78, 5) is 58.5. The number of carbonyl (C=O) groups is 5. The fourth-order valence-corrected chi connectivity index (χ4v) is 10.1. The zero-order valence-corrected chi connectivity index (χ0v) is 51.6. The van der Waals surface area contributed by atoms with Gasteiger partial charge in [-0.1, -0.05) is 37.8 Å². The molecule has 470 valence electrons. The van der Waals surface area contributed by atoms with Gasteiger partial charge in [-0.25, -0.2) is 8.42 Å². The summed E-state index contributed by atoms with van der Waals surface area (Å²) >= 11 is 1.96. The molecule has 0 spiro atoms. The Morgan fingerprint density at radius 1 is 0.444 bits per heavy atom. The van der Waals surface area contributed by atoms with Gasteiger partial charge in [0.05, 0.1) is 37.5 Å². The van der Waals surface area contributed by atoms with E-state index in [1.807, 2.05) is 11.8 Å². The van der Waals surface area contributed by atoms with E-state index >= 15 is 0 Å². The average Bonchev–Trinajstić information content (AvgIpc) is 4.34. The predicted molar refractivity (Wildman–Crippen MR) is 332 cm³/mol. The van der Waals surface area contributed by atoms with Crippen LogP contribution in [-0.4, -0.2) is 185 Å². The van der Waals surface area contributed by atoms with Gasteiger partial charge in [-0.15, -0.1) is 11.8 Å². The van der Waals surface area contributed by atoms with Gasteiger partial charge in [0.15, 0.2) is 6.40 Å². The second-order valence-electron chi connectivity index (χ2n) is 20.8. The average molecular weight is 1190 g/mol. The molecule has 11 heterocycles. The van der Waals surface area contributed by atoms with Crippen molar-refractivity contribution in [1.82, 2.24) is 42.8 Å². The van der Waals surface area contributed by atoms with Crippen molar-refractivity contribution in [2.45, 2.75) is 186 Å². The standard InChI is InChI=1S/C5H11N.3C5H8O.C4H7NO.C4H9N.C4H7N.C4H8O2S.C4H6O2.C4H8O.C3H6N2.C3H8N2.C3H5NO.C3H7NS.C3H6/c1-2-4-6-5-3-1;3*6-5-3-1-2-4-5;6-4-2-1-3-5-4;2*1-2-4-5-3-1;5-7(6)3-1-2-4-7;5-4-2-1-3-6-4;1-2-4-5-3-1;1-2-5-3-4-1;1-2-4-5-3-1;2*1-2-5-3-4-1;1-2-3-1/h6H,1-5H2;3*1-4H2;1-3H2,(H,5,6);5H,1-4H2;1-2,5H,3-4H2;1-4H2;1-3H2;1-4H2;3H,1-2H2,(H,4,5);4-5H,1-3H2;3H,1-2H2;4H,1-3H2;1-3H2. The molecule has 11 aliphatic heterocycles. The lowest BCUT2D eigenvalue weighted by Gasteiger charge is -2.08. The third kappa shape index (κ3) is 62.5. The molecular weight excluding hydrogens is 1070 g/mol. The van der Waals surface area contributed by atoms with Gasteiger partial charge in [0.1, 0.15) is 33.8 Å². The van der Waals surface area contributed by atoms with E-state index in [0.29, 0.717) is 41.9 Å². The largest absolute Gasteiger partial charge is 0.482 e. The van der Waals surface area contributed by atoms with Gasteiger partial charge in [-0.3, -0.25) is 44.8 Å². The smallest absolute Gasteiger partial charge is 0.305 e. The molecule has 8 saturated heterocycles. The minimum Gasteiger partial charge on any atom is -0.482 e. The van der Waals surface area contributed by atoms with Gasteiger partial charge in [0, 0.05) is 122 Å². The summed E-state index contributed by atoms with van der Waals surface area (Å²) in [7, 11) is -2.55. The molecule has 4 saturated carbocycles. The number of piperidine rings is 1. The lowest BCUT2D eigenvalue weighted by molar-refractivity contribution is -0.138. The highest BCUT2D eigenvalue weighted by Gasteiger charge is 2.16. The summed E-state index contributed by atoms with van der Waals surface area (Å²) in [5, 5.41) is 18.4. The molecule has 12 fully saturated rings. The molecule has 81 heavy (non-hydrogen) atoms. The van der Waals surface area contributed by atoms with E-state index in [-0.39, 0.29) is 11.9 Å². The monoisotopic (exact) mass is 1180 g/mol. The second kappa shape index (κ2) is 59.8. The van der Waals surface area contributed by atoms with Crippen LogP contribution in [-0.2, 0) is 48.0 Å². The zero-order chi connectivity index (χ0) is 58.5. The fourth-order valence-electron chi connectivity index (χ4n) is 7.84. The molecule has 20 nitrogen and oxygen atoms in total. The Morgan fingerprint density at radius 3 is 1.14 bits per heavy atom. The SMILES string of the molecule is C1=CCNC1.C1=NCCN1.C1=NCCO1.C1CC1.C1CCNC1.C1CCNCC1.C1CCOC1.C1CNNC1.C1CSCN1.O=C1CCCC1.O=C1CCCC1.O=C1CCCC1.O=C1CCCN1.O=C1CCCO1.O=S1(=O)CCCC1. The Labute approximate surface area is 493 Å². The van der Waals surface area contributed by atoms with Crippen molar-refractivity contribution in [1.29, 1.82) is 0 Å². The fraction of sp³-hybridized carbons (Fsp3) is 0.847. The van der Waals surface area contributed by atoms with Gasteiger partial charge in [-0.05, 0) is 135 Å². The van der Waals surface area contributed by atoms with Gasteiger partial charge in [0.25, 0.3) is 0 Å². The number of carbonyl (C=O) groups excluding carboxylic acids is 5. The van der Waals surface area contributed by atoms with Crippen molar-refractivity contribution in [3.8, 4) is 0 Å². The van der Waals surface area contributed by atoms with Gasteiger partial charge < -0.3 is 46.1 Å². The molecule has 22 heteroatoms. The number of nitrogens with zero attached hydrogens (tertiary/aromatic N) is 2. The maximum atomic E-state index is 10.4. The quantitative estimate of drug-likeness (QED) is 0.0954. The Morgan fingerprint density at radius 2 is 0.988 bits per heavy atom. The first-order chi connectivity index (χ1) is 39.7. The van der Waals surface area contributed by atoms with E-state index in [1.165, 1.54) is 121 Å². The highest BCUT2D eigenvalue weighted by molar-refractivity contribution is 7.99. The molecule has 15 aliphatic rings. The number of hydrazine groups is 1. The highest BCUT2D eigenvalue weighted by atomic mass is 32.2. The molecule has 0 aromatic heterocycles. The number of Topliss-reactive ketones (excluding diaryl/α,β-unsaturated/α-hetero) is 3. The number of rotatable bonds is 0. The molecule has 0 aromatic carbocycles. The van der Waals surface area contributed by atoms with Crippen molar-refractivity contribution in [2.75, 3.05) is 135 Å². The van der Waals surface area contributed by atoms with Gasteiger partial charge >= 0.3 is 5.97 Å². The van der Waals surface area contributed by atoms with Crippen LogP contribution in [0.25, 0.3) is 0 Å².